The van der Waals surface area contributed by atoms with Crippen LogP contribution in [0.2, 0.25) is 0 Å². The Morgan fingerprint density at radius 1 is 1.52 bits per heavy atom. The summed E-state index contributed by atoms with van der Waals surface area (Å²) in [5.41, 5.74) is -0.522. The molecule has 0 saturated carbocycles. The third-order valence-electron chi connectivity index (χ3n) is 3.18. The molecule has 0 aliphatic carbocycles. The molecule has 7 heteroatoms. The Morgan fingerprint density at radius 3 is 2.90 bits per heavy atom. The second kappa shape index (κ2) is 6.28. The van der Waals surface area contributed by atoms with Gasteiger partial charge in [0, 0.05) is 13.1 Å². The minimum Gasteiger partial charge on any atom is -0.459 e. The Bertz CT molecular complexity index is 497. The first-order chi connectivity index (χ1) is 9.91. The Labute approximate surface area is 122 Å². The molecule has 21 heavy (non-hydrogen) atoms. The number of amides is 2. The van der Waals surface area contributed by atoms with E-state index in [4.69, 9.17) is 9.15 Å². The van der Waals surface area contributed by atoms with Gasteiger partial charge in [-0.1, -0.05) is 0 Å². The van der Waals surface area contributed by atoms with Crippen molar-refractivity contribution < 1.29 is 23.8 Å². The molecule has 1 unspecified atom stereocenters. The first-order valence-corrected chi connectivity index (χ1v) is 6.79. The van der Waals surface area contributed by atoms with Crippen molar-refractivity contribution in [1.82, 2.24) is 10.2 Å². The summed E-state index contributed by atoms with van der Waals surface area (Å²) in [7, 11) is 0. The van der Waals surface area contributed by atoms with Crippen molar-refractivity contribution in [3.05, 3.63) is 24.2 Å². The van der Waals surface area contributed by atoms with E-state index in [9.17, 15) is 14.7 Å². The van der Waals surface area contributed by atoms with Crippen LogP contribution in [0.25, 0.3) is 0 Å². The van der Waals surface area contributed by atoms with E-state index < -0.39 is 17.6 Å². The number of nitrogens with zero attached hydrogens (tertiary/aromatic N) is 1. The van der Waals surface area contributed by atoms with Crippen LogP contribution in [0.4, 0.5) is 0 Å². The monoisotopic (exact) mass is 296 g/mol. The number of morpholine rings is 1. The van der Waals surface area contributed by atoms with Gasteiger partial charge in [0.2, 0.25) is 5.91 Å². The summed E-state index contributed by atoms with van der Waals surface area (Å²) in [5, 5.41) is 11.7. The van der Waals surface area contributed by atoms with Crippen LogP contribution in [0.15, 0.2) is 22.8 Å². The first kappa shape index (κ1) is 15.5. The molecule has 2 heterocycles. The average Bonchev–Trinajstić information content (AvgIpc) is 2.96. The third-order valence-corrected chi connectivity index (χ3v) is 3.18. The number of aliphatic hydroxyl groups is 1. The number of nitrogens with one attached hydrogen (secondary N) is 1. The van der Waals surface area contributed by atoms with E-state index in [0.717, 1.165) is 0 Å². The fourth-order valence-corrected chi connectivity index (χ4v) is 2.34. The minimum absolute atomic E-state index is 0.117. The quantitative estimate of drug-likeness (QED) is 0.816. The lowest BCUT2D eigenvalue weighted by atomic mass is 10.1. The molecule has 116 valence electrons. The van der Waals surface area contributed by atoms with Gasteiger partial charge in [0.05, 0.1) is 31.1 Å². The zero-order valence-corrected chi connectivity index (χ0v) is 12.2. The molecule has 0 bridgehead atoms. The highest BCUT2D eigenvalue weighted by atomic mass is 16.5. The number of carbonyl (C=O) groups is 2. The predicted molar refractivity (Wildman–Crippen MR) is 73.7 cm³/mol. The van der Waals surface area contributed by atoms with Gasteiger partial charge in [-0.05, 0) is 26.0 Å². The smallest absolute Gasteiger partial charge is 0.287 e. The molecule has 7 nitrogen and oxygen atoms in total. The second-order valence-electron chi connectivity index (χ2n) is 5.62. The predicted octanol–water partition coefficient (Wildman–Crippen LogP) is 0.00770. The van der Waals surface area contributed by atoms with Crippen LogP contribution in [0, 0.1) is 0 Å². The summed E-state index contributed by atoms with van der Waals surface area (Å²) in [6.07, 6.45) is 0.992. The third kappa shape index (κ3) is 4.05. The molecule has 0 radical (unpaired) electrons. The number of hydrogen-bond donors (Lipinski definition) is 2. The lowest BCUT2D eigenvalue weighted by Crippen LogP contribution is -2.57. The number of rotatable bonds is 4. The van der Waals surface area contributed by atoms with E-state index in [1.807, 2.05) is 13.8 Å². The van der Waals surface area contributed by atoms with Gasteiger partial charge in [0.15, 0.2) is 5.76 Å². The second-order valence-corrected chi connectivity index (χ2v) is 5.62. The molecule has 1 atom stereocenters. The molecule has 2 N–H and O–H groups in total. The van der Waals surface area contributed by atoms with Crippen molar-refractivity contribution in [3.63, 3.8) is 0 Å². The number of aliphatic hydroxyl groups excluding tert-OH is 1. The Kier molecular flexibility index (Phi) is 4.64. The summed E-state index contributed by atoms with van der Waals surface area (Å²) >= 11 is 0. The van der Waals surface area contributed by atoms with Crippen molar-refractivity contribution in [3.8, 4) is 0 Å². The molecule has 0 spiro atoms. The number of hydrogen-bond acceptors (Lipinski definition) is 5. The van der Waals surface area contributed by atoms with E-state index in [1.54, 1.807) is 11.0 Å². The zero-order valence-electron chi connectivity index (χ0n) is 12.2. The van der Waals surface area contributed by atoms with Crippen molar-refractivity contribution in [2.45, 2.75) is 25.6 Å². The molecule has 1 fully saturated rings. The fraction of sp³-hybridized carbons (Fsp3) is 0.571. The van der Waals surface area contributed by atoms with E-state index in [1.165, 1.54) is 12.3 Å². The average molecular weight is 296 g/mol. The van der Waals surface area contributed by atoms with Gasteiger partial charge in [-0.2, -0.15) is 0 Å². The number of ether oxygens (including phenoxy) is 1. The van der Waals surface area contributed by atoms with Crippen molar-refractivity contribution in [1.29, 1.82) is 0 Å². The number of furan rings is 1. The van der Waals surface area contributed by atoms with Crippen LogP contribution in [0.1, 0.15) is 24.4 Å². The topological polar surface area (TPSA) is 92.0 Å². The van der Waals surface area contributed by atoms with Gasteiger partial charge in [-0.3, -0.25) is 9.59 Å². The molecular formula is C14H20N2O5. The molecule has 1 aromatic heterocycles. The van der Waals surface area contributed by atoms with E-state index in [-0.39, 0.29) is 24.8 Å². The fourth-order valence-electron chi connectivity index (χ4n) is 2.34. The molecule has 1 aliphatic heterocycles. The molecule has 2 rings (SSSR count). The maximum Gasteiger partial charge on any atom is 0.287 e. The first-order valence-electron chi connectivity index (χ1n) is 6.79. The molecule has 2 amide bonds. The van der Waals surface area contributed by atoms with Crippen LogP contribution in [0.3, 0.4) is 0 Å². The number of carbonyl (C=O) groups excluding carboxylic acids is 2. The molecule has 1 saturated heterocycles. The molecular weight excluding hydrogens is 276 g/mol. The van der Waals surface area contributed by atoms with Gasteiger partial charge in [0.1, 0.15) is 0 Å². The Morgan fingerprint density at radius 2 is 2.29 bits per heavy atom. The lowest BCUT2D eigenvalue weighted by Gasteiger charge is -2.42. The Balaban J connectivity index is 1.89. The summed E-state index contributed by atoms with van der Waals surface area (Å²) in [5.74, 6) is -0.484. The van der Waals surface area contributed by atoms with Gasteiger partial charge in [-0.15, -0.1) is 0 Å². The van der Waals surface area contributed by atoms with E-state index in [0.29, 0.717) is 13.1 Å². The summed E-state index contributed by atoms with van der Waals surface area (Å²) < 4.78 is 10.6. The maximum atomic E-state index is 12.2. The van der Waals surface area contributed by atoms with Gasteiger partial charge >= 0.3 is 0 Å². The van der Waals surface area contributed by atoms with Gasteiger partial charge in [0.25, 0.3) is 5.91 Å². The molecule has 1 aromatic rings. The minimum atomic E-state index is -0.522. The highest BCUT2D eigenvalue weighted by molar-refractivity contribution is 5.94. The highest BCUT2D eigenvalue weighted by Crippen LogP contribution is 2.20. The molecule has 1 aliphatic rings. The standard InChI is InChI=1S/C14H20N2O5/c1-14(2)9-16(7-10(8-17)21-14)12(18)6-15-13(19)11-4-3-5-20-11/h3-5,10,17H,6-9H2,1-2H3,(H,15,19). The van der Waals surface area contributed by atoms with E-state index >= 15 is 0 Å². The summed E-state index contributed by atoms with van der Waals surface area (Å²) in [4.78, 5) is 25.5. The highest BCUT2D eigenvalue weighted by Gasteiger charge is 2.35. The van der Waals surface area contributed by atoms with Crippen molar-refractivity contribution >= 4 is 11.8 Å². The van der Waals surface area contributed by atoms with Gasteiger partial charge < -0.3 is 24.5 Å². The van der Waals surface area contributed by atoms with Crippen molar-refractivity contribution in [2.75, 3.05) is 26.2 Å². The summed E-state index contributed by atoms with van der Waals surface area (Å²) in [6, 6.07) is 3.13. The van der Waals surface area contributed by atoms with Gasteiger partial charge in [-0.25, -0.2) is 0 Å². The lowest BCUT2D eigenvalue weighted by molar-refractivity contribution is -0.166. The maximum absolute atomic E-state index is 12.2. The zero-order chi connectivity index (χ0) is 15.5. The van der Waals surface area contributed by atoms with Crippen LogP contribution in [-0.4, -0.2) is 59.8 Å². The molecule has 0 aromatic carbocycles. The Hall–Kier alpha value is -1.86. The SMILES string of the molecule is CC1(C)CN(C(=O)CNC(=O)c2ccco2)CC(CO)O1. The van der Waals surface area contributed by atoms with Crippen LogP contribution in [-0.2, 0) is 9.53 Å². The van der Waals surface area contributed by atoms with E-state index in [2.05, 4.69) is 5.32 Å². The van der Waals surface area contributed by atoms with Crippen molar-refractivity contribution in [2.24, 2.45) is 0 Å². The van der Waals surface area contributed by atoms with Crippen LogP contribution < -0.4 is 5.32 Å². The normalized spacial score (nSPS) is 21.1. The van der Waals surface area contributed by atoms with Crippen LogP contribution in [0.5, 0.6) is 0 Å². The summed E-state index contributed by atoms with van der Waals surface area (Å²) in [6.45, 7) is 4.18. The largest absolute Gasteiger partial charge is 0.459 e. The van der Waals surface area contributed by atoms with Crippen LogP contribution >= 0.6 is 0 Å².